The van der Waals surface area contributed by atoms with Gasteiger partial charge in [-0.25, -0.2) is 9.37 Å². The Morgan fingerprint density at radius 3 is 2.74 bits per heavy atom. The average Bonchev–Trinajstić information content (AvgIpc) is 2.77. The first-order valence-electron chi connectivity index (χ1n) is 5.98. The lowest BCUT2D eigenvalue weighted by Gasteiger charge is -2.14. The number of alkyl halides is 1. The molecule has 0 unspecified atom stereocenters. The molecule has 2 heterocycles. The molecule has 1 aliphatic rings. The molecule has 0 saturated carbocycles. The summed E-state index contributed by atoms with van der Waals surface area (Å²) in [6.45, 7) is -0.108. The molecular weight excluding hydrogens is 249 g/mol. The van der Waals surface area contributed by atoms with Crippen LogP contribution < -0.4 is 0 Å². The molecule has 2 aromatic rings. The van der Waals surface area contributed by atoms with Gasteiger partial charge in [0, 0.05) is 6.54 Å². The maximum absolute atomic E-state index is 13.2. The van der Waals surface area contributed by atoms with Crippen molar-refractivity contribution in [3.05, 3.63) is 36.2 Å². The van der Waals surface area contributed by atoms with Gasteiger partial charge in [-0.3, -0.25) is 9.78 Å². The Balaban J connectivity index is 1.90. The van der Waals surface area contributed by atoms with Crippen LogP contribution in [0.3, 0.4) is 0 Å². The van der Waals surface area contributed by atoms with Crippen molar-refractivity contribution in [1.82, 2.24) is 14.9 Å². The predicted octanol–water partition coefficient (Wildman–Crippen LogP) is 0.785. The summed E-state index contributed by atoms with van der Waals surface area (Å²) in [5.41, 5.74) is 1.48. The molecule has 0 spiro atoms. The lowest BCUT2D eigenvalue weighted by Crippen LogP contribution is -2.30. The predicted molar refractivity (Wildman–Crippen MR) is 66.3 cm³/mol. The Bertz CT molecular complexity index is 624. The molecule has 6 heteroatoms. The SMILES string of the molecule is O=C(c1cnc2ccccc2n1)N1C[C@@H](O)[C@H](F)C1. The van der Waals surface area contributed by atoms with E-state index in [0.717, 1.165) is 0 Å². The van der Waals surface area contributed by atoms with Crippen LogP contribution in [-0.4, -0.2) is 51.2 Å². The molecule has 3 rings (SSSR count). The van der Waals surface area contributed by atoms with Crippen molar-refractivity contribution in [3.8, 4) is 0 Å². The number of benzene rings is 1. The smallest absolute Gasteiger partial charge is 0.274 e. The molecular formula is C13H12FN3O2. The molecule has 5 nitrogen and oxygen atoms in total. The number of aliphatic hydroxyl groups excluding tert-OH is 1. The van der Waals surface area contributed by atoms with Crippen molar-refractivity contribution >= 4 is 16.9 Å². The number of rotatable bonds is 1. The van der Waals surface area contributed by atoms with Gasteiger partial charge in [0.15, 0.2) is 0 Å². The Morgan fingerprint density at radius 2 is 2.05 bits per heavy atom. The molecule has 0 aliphatic carbocycles. The van der Waals surface area contributed by atoms with E-state index >= 15 is 0 Å². The molecule has 19 heavy (non-hydrogen) atoms. The second-order valence-corrected chi connectivity index (χ2v) is 4.54. The van der Waals surface area contributed by atoms with Gasteiger partial charge in [-0.15, -0.1) is 0 Å². The highest BCUT2D eigenvalue weighted by molar-refractivity contribution is 5.94. The van der Waals surface area contributed by atoms with Crippen LogP contribution >= 0.6 is 0 Å². The van der Waals surface area contributed by atoms with Crippen LogP contribution in [0.1, 0.15) is 10.5 Å². The summed E-state index contributed by atoms with van der Waals surface area (Å²) in [5, 5.41) is 9.33. The number of β-amino-alcohol motifs (C(OH)–C–C–N with tert-alkyl or cyclic N) is 1. The van der Waals surface area contributed by atoms with E-state index in [4.69, 9.17) is 0 Å². The van der Waals surface area contributed by atoms with Crippen molar-refractivity contribution in [2.75, 3.05) is 13.1 Å². The maximum atomic E-state index is 13.2. The Hall–Kier alpha value is -2.08. The number of halogens is 1. The van der Waals surface area contributed by atoms with Crippen LogP contribution in [0.15, 0.2) is 30.5 Å². The second-order valence-electron chi connectivity index (χ2n) is 4.54. The summed E-state index contributed by atoms with van der Waals surface area (Å²) >= 11 is 0. The number of carbonyl (C=O) groups excluding carboxylic acids is 1. The minimum Gasteiger partial charge on any atom is -0.388 e. The van der Waals surface area contributed by atoms with Crippen LogP contribution in [0.5, 0.6) is 0 Å². The van der Waals surface area contributed by atoms with Gasteiger partial charge in [-0.1, -0.05) is 12.1 Å². The van der Waals surface area contributed by atoms with Gasteiger partial charge in [0.1, 0.15) is 18.0 Å². The molecule has 1 amide bonds. The highest BCUT2D eigenvalue weighted by Gasteiger charge is 2.34. The number of amides is 1. The summed E-state index contributed by atoms with van der Waals surface area (Å²) in [5.74, 6) is -0.405. The number of nitrogens with zero attached hydrogens (tertiary/aromatic N) is 3. The first kappa shape index (κ1) is 12.0. The van der Waals surface area contributed by atoms with E-state index in [0.29, 0.717) is 11.0 Å². The van der Waals surface area contributed by atoms with E-state index in [2.05, 4.69) is 9.97 Å². The molecule has 1 aliphatic heterocycles. The first-order chi connectivity index (χ1) is 9.15. The number of hydrogen-bond acceptors (Lipinski definition) is 4. The molecule has 1 N–H and O–H groups in total. The molecule has 1 fully saturated rings. The first-order valence-corrected chi connectivity index (χ1v) is 5.98. The lowest BCUT2D eigenvalue weighted by atomic mass is 10.3. The van der Waals surface area contributed by atoms with Crippen LogP contribution in [0.2, 0.25) is 0 Å². The number of fused-ring (bicyclic) bond motifs is 1. The quantitative estimate of drug-likeness (QED) is 0.824. The molecule has 98 valence electrons. The van der Waals surface area contributed by atoms with Gasteiger partial charge in [0.05, 0.1) is 23.8 Å². The minimum absolute atomic E-state index is 0.00545. The number of aliphatic hydroxyl groups is 1. The third-order valence-electron chi connectivity index (χ3n) is 3.17. The van der Waals surface area contributed by atoms with Crippen molar-refractivity contribution in [1.29, 1.82) is 0 Å². The zero-order valence-electron chi connectivity index (χ0n) is 10.0. The number of hydrogen-bond donors (Lipinski definition) is 1. The third kappa shape index (κ3) is 2.15. The monoisotopic (exact) mass is 261 g/mol. The van der Waals surface area contributed by atoms with Gasteiger partial charge in [0.2, 0.25) is 0 Å². The van der Waals surface area contributed by atoms with Crippen molar-refractivity contribution in [2.24, 2.45) is 0 Å². The Morgan fingerprint density at radius 1 is 1.32 bits per heavy atom. The van der Waals surface area contributed by atoms with Crippen LogP contribution in [-0.2, 0) is 0 Å². The van der Waals surface area contributed by atoms with Gasteiger partial charge >= 0.3 is 0 Å². The lowest BCUT2D eigenvalue weighted by molar-refractivity contribution is 0.0758. The second kappa shape index (κ2) is 4.55. The molecule has 0 radical (unpaired) electrons. The fraction of sp³-hybridized carbons (Fsp3) is 0.308. The van der Waals surface area contributed by atoms with Crippen LogP contribution in [0.25, 0.3) is 11.0 Å². The Labute approximate surface area is 108 Å². The van der Waals surface area contributed by atoms with Crippen LogP contribution in [0, 0.1) is 0 Å². The minimum atomic E-state index is -1.39. The number of aromatic nitrogens is 2. The summed E-state index contributed by atoms with van der Waals surface area (Å²) in [6.07, 6.45) is -1.13. The fourth-order valence-electron chi connectivity index (χ4n) is 2.13. The largest absolute Gasteiger partial charge is 0.388 e. The maximum Gasteiger partial charge on any atom is 0.274 e. The number of carbonyl (C=O) groups is 1. The van der Waals surface area contributed by atoms with E-state index in [-0.39, 0.29) is 18.8 Å². The zero-order chi connectivity index (χ0) is 13.4. The number of likely N-dealkylation sites (tertiary alicyclic amines) is 1. The van der Waals surface area contributed by atoms with Crippen LogP contribution in [0.4, 0.5) is 4.39 Å². The average molecular weight is 261 g/mol. The van der Waals surface area contributed by atoms with Gasteiger partial charge < -0.3 is 10.0 Å². The standard InChI is InChI=1S/C13H12FN3O2/c14-8-6-17(7-12(8)18)13(19)11-5-15-9-3-1-2-4-10(9)16-11/h1-5,8,12,18H,6-7H2/t8-,12-/m1/s1. The van der Waals surface area contributed by atoms with E-state index in [1.54, 1.807) is 12.1 Å². The normalized spacial score (nSPS) is 22.9. The Kier molecular flexibility index (Phi) is 2.87. The molecule has 1 saturated heterocycles. The van der Waals surface area contributed by atoms with Crippen molar-refractivity contribution < 1.29 is 14.3 Å². The molecule has 1 aromatic heterocycles. The topological polar surface area (TPSA) is 66.3 Å². The van der Waals surface area contributed by atoms with Crippen molar-refractivity contribution in [2.45, 2.75) is 12.3 Å². The molecule has 1 aromatic carbocycles. The van der Waals surface area contributed by atoms with Gasteiger partial charge in [-0.05, 0) is 12.1 Å². The third-order valence-corrected chi connectivity index (χ3v) is 3.17. The van der Waals surface area contributed by atoms with Gasteiger partial charge in [0.25, 0.3) is 5.91 Å². The van der Waals surface area contributed by atoms with Gasteiger partial charge in [-0.2, -0.15) is 0 Å². The molecule has 2 atom stereocenters. The highest BCUT2D eigenvalue weighted by atomic mass is 19.1. The molecule has 0 bridgehead atoms. The zero-order valence-corrected chi connectivity index (χ0v) is 10.0. The van der Waals surface area contributed by atoms with E-state index in [1.807, 2.05) is 12.1 Å². The van der Waals surface area contributed by atoms with Crippen molar-refractivity contribution in [3.63, 3.8) is 0 Å². The summed E-state index contributed by atoms with van der Waals surface area (Å²) in [7, 11) is 0. The fourth-order valence-corrected chi connectivity index (χ4v) is 2.13. The summed E-state index contributed by atoms with van der Waals surface area (Å²) in [4.78, 5) is 21.7. The highest BCUT2D eigenvalue weighted by Crippen LogP contribution is 2.16. The summed E-state index contributed by atoms with van der Waals surface area (Å²) in [6, 6.07) is 7.20. The van der Waals surface area contributed by atoms with E-state index < -0.39 is 18.2 Å². The van der Waals surface area contributed by atoms with E-state index in [9.17, 15) is 14.3 Å². The summed E-state index contributed by atoms with van der Waals surface area (Å²) < 4.78 is 13.2. The van der Waals surface area contributed by atoms with E-state index in [1.165, 1.54) is 11.1 Å². The number of para-hydroxylation sites is 2.